The number of nitrogens with two attached hydrogens (primary N) is 1. The number of aromatic nitrogens is 4. The molecule has 1 saturated carbocycles. The van der Waals surface area contributed by atoms with Crippen molar-refractivity contribution in [3.05, 3.63) is 5.82 Å². The molecular weight excluding hydrogens is 190 g/mol. The van der Waals surface area contributed by atoms with Crippen LogP contribution in [-0.4, -0.2) is 26.7 Å². The molecule has 13 heavy (non-hydrogen) atoms. The van der Waals surface area contributed by atoms with Crippen molar-refractivity contribution in [1.29, 1.82) is 0 Å². The van der Waals surface area contributed by atoms with Crippen molar-refractivity contribution < 1.29 is 0 Å². The lowest BCUT2D eigenvalue weighted by molar-refractivity contribution is 0.385. The molecule has 0 unspecified atom stereocenters. The number of rotatable bonds is 1. The molecule has 0 amide bonds. The highest BCUT2D eigenvalue weighted by Crippen LogP contribution is 2.29. The summed E-state index contributed by atoms with van der Waals surface area (Å²) in [4.78, 5) is 0. The molecule has 0 aliphatic heterocycles. The fourth-order valence-corrected chi connectivity index (χ4v) is 1.72. The van der Waals surface area contributed by atoms with Crippen LogP contribution in [0.2, 0.25) is 0 Å². The summed E-state index contributed by atoms with van der Waals surface area (Å²) in [6.07, 6.45) is 4.36. The van der Waals surface area contributed by atoms with Gasteiger partial charge in [-0.3, -0.25) is 0 Å². The first-order valence-electron chi connectivity index (χ1n) is 4.35. The van der Waals surface area contributed by atoms with Crippen LogP contribution < -0.4 is 5.73 Å². The molecule has 1 aliphatic carbocycles. The molecule has 0 atom stereocenters. The van der Waals surface area contributed by atoms with E-state index in [1.54, 1.807) is 0 Å². The number of tetrazole rings is 1. The molecule has 6 heteroatoms. The van der Waals surface area contributed by atoms with Crippen LogP contribution in [0.25, 0.3) is 0 Å². The van der Waals surface area contributed by atoms with Crippen LogP contribution in [0.1, 0.15) is 37.4 Å². The summed E-state index contributed by atoms with van der Waals surface area (Å²) >= 11 is 0. The first-order valence-corrected chi connectivity index (χ1v) is 4.35. The van der Waals surface area contributed by atoms with E-state index in [-0.39, 0.29) is 12.4 Å². The number of H-pyrrole nitrogens is 1. The zero-order valence-electron chi connectivity index (χ0n) is 7.31. The van der Waals surface area contributed by atoms with Gasteiger partial charge in [0.15, 0.2) is 5.82 Å². The molecule has 0 saturated heterocycles. The summed E-state index contributed by atoms with van der Waals surface area (Å²) in [5.74, 6) is 1.32. The Morgan fingerprint density at radius 3 is 2.46 bits per heavy atom. The molecule has 0 bridgehead atoms. The van der Waals surface area contributed by atoms with Crippen LogP contribution in [0.5, 0.6) is 0 Å². The van der Waals surface area contributed by atoms with Crippen LogP contribution in [0.3, 0.4) is 0 Å². The third-order valence-electron chi connectivity index (χ3n) is 2.50. The van der Waals surface area contributed by atoms with Gasteiger partial charge in [0.25, 0.3) is 0 Å². The Balaban J connectivity index is 0.000000845. The van der Waals surface area contributed by atoms with Crippen molar-refractivity contribution in [1.82, 2.24) is 20.6 Å². The topological polar surface area (TPSA) is 80.5 Å². The maximum atomic E-state index is 5.79. The molecule has 74 valence electrons. The van der Waals surface area contributed by atoms with Crippen molar-refractivity contribution in [2.24, 2.45) is 5.73 Å². The zero-order valence-corrected chi connectivity index (χ0v) is 8.13. The summed E-state index contributed by atoms with van der Waals surface area (Å²) < 4.78 is 0. The molecule has 3 N–H and O–H groups in total. The minimum atomic E-state index is 0. The standard InChI is InChI=1S/C7H13N5.ClH/c8-6-3-1-5(2-4-6)7-9-11-12-10-7;/h5-6H,1-4,8H2,(H,9,10,11,12);1H. The van der Waals surface area contributed by atoms with Crippen LogP contribution >= 0.6 is 12.4 Å². The Kier molecular flexibility index (Phi) is 3.62. The average molecular weight is 204 g/mol. The van der Waals surface area contributed by atoms with E-state index in [4.69, 9.17) is 5.73 Å². The van der Waals surface area contributed by atoms with E-state index < -0.39 is 0 Å². The molecule has 1 aliphatic rings. The van der Waals surface area contributed by atoms with Crippen LogP contribution in [0.15, 0.2) is 0 Å². The highest BCUT2D eigenvalue weighted by molar-refractivity contribution is 5.85. The molecule has 1 fully saturated rings. The summed E-state index contributed by atoms with van der Waals surface area (Å²) in [7, 11) is 0. The Labute approximate surface area is 82.9 Å². The second kappa shape index (κ2) is 4.53. The smallest absolute Gasteiger partial charge is 0.177 e. The van der Waals surface area contributed by atoms with Crippen molar-refractivity contribution >= 4 is 12.4 Å². The lowest BCUT2D eigenvalue weighted by Crippen LogP contribution is -2.26. The van der Waals surface area contributed by atoms with Crippen molar-refractivity contribution in [2.45, 2.75) is 37.6 Å². The Hall–Kier alpha value is -0.680. The summed E-state index contributed by atoms with van der Waals surface area (Å²) in [5, 5.41) is 14.0. The highest BCUT2D eigenvalue weighted by atomic mass is 35.5. The van der Waals surface area contributed by atoms with E-state index in [1.807, 2.05) is 0 Å². The third-order valence-corrected chi connectivity index (χ3v) is 2.50. The Morgan fingerprint density at radius 2 is 1.92 bits per heavy atom. The van der Waals surface area contributed by atoms with Gasteiger partial charge in [-0.25, -0.2) is 0 Å². The number of nitrogens with one attached hydrogen (secondary N) is 1. The lowest BCUT2D eigenvalue weighted by atomic mass is 9.86. The second-order valence-electron chi connectivity index (χ2n) is 3.38. The summed E-state index contributed by atoms with van der Waals surface area (Å²) in [6.45, 7) is 0. The number of hydrogen-bond acceptors (Lipinski definition) is 4. The van der Waals surface area contributed by atoms with E-state index in [9.17, 15) is 0 Å². The fourth-order valence-electron chi connectivity index (χ4n) is 1.72. The monoisotopic (exact) mass is 203 g/mol. The molecule has 1 aromatic rings. The van der Waals surface area contributed by atoms with Gasteiger partial charge >= 0.3 is 0 Å². The summed E-state index contributed by atoms with van der Waals surface area (Å²) in [5.41, 5.74) is 5.79. The predicted octanol–water partition coefficient (Wildman–Crippen LogP) is 0.606. The molecule has 1 heterocycles. The largest absolute Gasteiger partial charge is 0.328 e. The Bertz CT molecular complexity index is 229. The van der Waals surface area contributed by atoms with Crippen molar-refractivity contribution in [3.63, 3.8) is 0 Å². The molecule has 1 aromatic heterocycles. The zero-order chi connectivity index (χ0) is 8.39. The van der Waals surface area contributed by atoms with E-state index in [1.165, 1.54) is 0 Å². The normalized spacial score (nSPS) is 28.1. The van der Waals surface area contributed by atoms with Gasteiger partial charge in [0.2, 0.25) is 0 Å². The molecule has 2 rings (SSSR count). The van der Waals surface area contributed by atoms with E-state index in [2.05, 4.69) is 20.6 Å². The first-order chi connectivity index (χ1) is 5.86. The summed E-state index contributed by atoms with van der Waals surface area (Å²) in [6, 6.07) is 0.383. The molecular formula is C7H14ClN5. The lowest BCUT2D eigenvalue weighted by Gasteiger charge is -2.23. The molecule has 5 nitrogen and oxygen atoms in total. The molecule has 0 spiro atoms. The van der Waals surface area contributed by atoms with Gasteiger partial charge in [0.1, 0.15) is 0 Å². The van der Waals surface area contributed by atoms with E-state index >= 15 is 0 Å². The van der Waals surface area contributed by atoms with E-state index in [0.717, 1.165) is 31.5 Å². The van der Waals surface area contributed by atoms with E-state index in [0.29, 0.717) is 12.0 Å². The first kappa shape index (κ1) is 10.4. The predicted molar refractivity (Wildman–Crippen MR) is 50.6 cm³/mol. The fraction of sp³-hybridized carbons (Fsp3) is 0.857. The average Bonchev–Trinajstić information content (AvgIpc) is 2.58. The van der Waals surface area contributed by atoms with Gasteiger partial charge in [-0.05, 0) is 25.7 Å². The minimum absolute atomic E-state index is 0. The van der Waals surface area contributed by atoms with Crippen LogP contribution in [0.4, 0.5) is 0 Å². The number of aromatic amines is 1. The Morgan fingerprint density at radius 1 is 1.23 bits per heavy atom. The van der Waals surface area contributed by atoms with Gasteiger partial charge in [0.05, 0.1) is 0 Å². The maximum absolute atomic E-state index is 5.79. The minimum Gasteiger partial charge on any atom is -0.328 e. The van der Waals surface area contributed by atoms with Crippen LogP contribution in [0, 0.1) is 0 Å². The van der Waals surface area contributed by atoms with Crippen molar-refractivity contribution in [2.75, 3.05) is 0 Å². The van der Waals surface area contributed by atoms with Gasteiger partial charge in [-0.1, -0.05) is 5.21 Å². The number of halogens is 1. The molecule has 0 aromatic carbocycles. The quantitative estimate of drug-likeness (QED) is 0.701. The third kappa shape index (κ3) is 2.38. The number of nitrogens with zero attached hydrogens (tertiary/aromatic N) is 3. The van der Waals surface area contributed by atoms with Gasteiger partial charge in [-0.15, -0.1) is 22.6 Å². The van der Waals surface area contributed by atoms with Crippen molar-refractivity contribution in [3.8, 4) is 0 Å². The highest BCUT2D eigenvalue weighted by Gasteiger charge is 2.22. The number of hydrogen-bond donors (Lipinski definition) is 2. The van der Waals surface area contributed by atoms with Gasteiger partial charge < -0.3 is 5.73 Å². The van der Waals surface area contributed by atoms with Gasteiger partial charge in [-0.2, -0.15) is 5.21 Å². The molecule has 0 radical (unpaired) electrons. The maximum Gasteiger partial charge on any atom is 0.177 e. The SMILES string of the molecule is Cl.NC1CCC(c2nn[nH]n2)CC1. The van der Waals surface area contributed by atoms with Gasteiger partial charge in [0, 0.05) is 12.0 Å². The van der Waals surface area contributed by atoms with Crippen LogP contribution in [-0.2, 0) is 0 Å². The second-order valence-corrected chi connectivity index (χ2v) is 3.38.